The highest BCUT2D eigenvalue weighted by Gasteiger charge is 2.48. The normalized spacial score (nSPS) is 17.4. The van der Waals surface area contributed by atoms with Crippen molar-refractivity contribution >= 4 is 62.7 Å². The van der Waals surface area contributed by atoms with Crippen LogP contribution in [0.1, 0.15) is 42.3 Å². The van der Waals surface area contributed by atoms with Crippen LogP contribution in [0.3, 0.4) is 0 Å². The molecule has 0 fully saturated rings. The van der Waals surface area contributed by atoms with Gasteiger partial charge in [-0.15, -0.1) is 4.90 Å². The van der Waals surface area contributed by atoms with Gasteiger partial charge in [-0.25, -0.2) is 4.79 Å². The molecule has 0 bridgehead atoms. The summed E-state index contributed by atoms with van der Waals surface area (Å²) >= 11 is 6.91. The number of urea groups is 1. The van der Waals surface area contributed by atoms with Crippen LogP contribution in [0.25, 0.3) is 32.9 Å². The molecule has 9 heteroatoms. The van der Waals surface area contributed by atoms with E-state index in [-0.39, 0.29) is 11.5 Å². The average molecular weight is 582 g/mol. The summed E-state index contributed by atoms with van der Waals surface area (Å²) in [6.07, 6.45) is 5.53. The Hall–Kier alpha value is -4.53. The Kier molecular flexibility index (Phi) is 6.25. The van der Waals surface area contributed by atoms with Gasteiger partial charge in [0, 0.05) is 32.4 Å². The van der Waals surface area contributed by atoms with E-state index in [1.807, 2.05) is 50.3 Å². The fourth-order valence-corrected chi connectivity index (χ4v) is 6.44. The molecule has 1 unspecified atom stereocenters. The average Bonchev–Trinajstić information content (AvgIpc) is 3.30. The minimum Gasteiger partial charge on any atom is -0.386 e. The van der Waals surface area contributed by atoms with E-state index in [1.54, 1.807) is 39.1 Å². The van der Waals surface area contributed by atoms with Crippen molar-refractivity contribution in [1.29, 1.82) is 0 Å². The van der Waals surface area contributed by atoms with Gasteiger partial charge < -0.3 is 15.8 Å². The Bertz CT molecular complexity index is 1990. The molecule has 4 amide bonds. The van der Waals surface area contributed by atoms with Crippen LogP contribution in [0, 0.1) is 12.8 Å². The van der Waals surface area contributed by atoms with Crippen LogP contribution in [-0.2, 0) is 10.4 Å². The maximum absolute atomic E-state index is 13.8. The number of nitrogens with zero attached hydrogens (tertiary/aromatic N) is 2. The summed E-state index contributed by atoms with van der Waals surface area (Å²) in [5.74, 6) is -1.55. The summed E-state index contributed by atoms with van der Waals surface area (Å²) in [5.41, 5.74) is 10.8. The minimum absolute atomic E-state index is 0.229. The number of allylic oxidation sites excluding steroid dienone is 3. The van der Waals surface area contributed by atoms with Crippen molar-refractivity contribution in [3.05, 3.63) is 88.0 Å². The van der Waals surface area contributed by atoms with Gasteiger partial charge in [-0.05, 0) is 62.6 Å². The summed E-state index contributed by atoms with van der Waals surface area (Å²) in [6.45, 7) is 7.13. The van der Waals surface area contributed by atoms with Gasteiger partial charge >= 0.3 is 11.9 Å². The lowest BCUT2D eigenvalue weighted by atomic mass is 9.88. The number of anilines is 1. The van der Waals surface area contributed by atoms with Gasteiger partial charge in [0.15, 0.2) is 0 Å². The molecule has 42 heavy (non-hydrogen) atoms. The monoisotopic (exact) mass is 581 g/mol. The number of aliphatic hydroxyl groups is 1. The van der Waals surface area contributed by atoms with Gasteiger partial charge in [-0.2, -0.15) is 9.37 Å². The number of hydrogen-bond donors (Lipinski definition) is 3. The Morgan fingerprint density at radius 2 is 1.88 bits per heavy atom. The lowest BCUT2D eigenvalue weighted by Crippen LogP contribution is -2.54. The Balaban J connectivity index is 1.61. The van der Waals surface area contributed by atoms with Gasteiger partial charge in [0.25, 0.3) is 5.91 Å². The van der Waals surface area contributed by atoms with Crippen molar-refractivity contribution in [2.75, 3.05) is 11.9 Å². The number of amides is 4. The van der Waals surface area contributed by atoms with Crippen LogP contribution >= 0.6 is 11.6 Å². The van der Waals surface area contributed by atoms with Crippen molar-refractivity contribution < 1.29 is 24.1 Å². The molecule has 2 aliphatic rings. The number of carbonyl (C=O) groups excluding carboxylic acids is 3. The molecule has 1 aliphatic heterocycles. The zero-order valence-electron chi connectivity index (χ0n) is 23.9. The van der Waals surface area contributed by atoms with Gasteiger partial charge in [0.1, 0.15) is 17.3 Å². The third-order valence-electron chi connectivity index (χ3n) is 8.29. The topological polar surface area (TPSA) is 120 Å². The first-order chi connectivity index (χ1) is 19.8. The lowest BCUT2D eigenvalue weighted by Gasteiger charge is -2.28. The van der Waals surface area contributed by atoms with Crippen molar-refractivity contribution in [3.63, 3.8) is 0 Å². The quantitative estimate of drug-likeness (QED) is 0.258. The molecule has 0 saturated carbocycles. The summed E-state index contributed by atoms with van der Waals surface area (Å²) in [7, 11) is 1.68. The molecule has 4 aromatic rings. The molecule has 0 radical (unpaired) electrons. The van der Waals surface area contributed by atoms with Crippen LogP contribution < -0.4 is 10.6 Å². The number of imide groups is 1. The van der Waals surface area contributed by atoms with Gasteiger partial charge in [0.05, 0.1) is 23.7 Å². The Morgan fingerprint density at radius 3 is 2.57 bits per heavy atom. The highest BCUT2D eigenvalue weighted by atomic mass is 35.5. The van der Waals surface area contributed by atoms with Crippen molar-refractivity contribution in [2.24, 2.45) is 11.7 Å². The molecular weight excluding hydrogens is 552 g/mol. The maximum Gasteiger partial charge on any atom is 0.505 e. The number of benzene rings is 3. The molecule has 1 atom stereocenters. The first-order valence-electron chi connectivity index (χ1n) is 13.6. The first kappa shape index (κ1) is 27.6. The fourth-order valence-electron chi connectivity index (χ4n) is 6.14. The van der Waals surface area contributed by atoms with Crippen LogP contribution in [0.2, 0.25) is 5.02 Å². The second-order valence-corrected chi connectivity index (χ2v) is 11.8. The maximum atomic E-state index is 13.8. The van der Waals surface area contributed by atoms with Gasteiger partial charge in [-0.3, -0.25) is 4.79 Å². The molecule has 8 nitrogen and oxygen atoms in total. The van der Waals surface area contributed by atoms with E-state index in [4.69, 9.17) is 17.3 Å². The second-order valence-electron chi connectivity index (χ2n) is 11.4. The van der Waals surface area contributed by atoms with E-state index in [0.29, 0.717) is 55.1 Å². The number of primary amides is 1. The fraction of sp³-hybridized carbons (Fsp3) is 0.212. The molecule has 3 aromatic carbocycles. The Labute approximate surface area is 247 Å². The summed E-state index contributed by atoms with van der Waals surface area (Å²) in [5, 5.41) is 12.4. The third-order valence-corrected chi connectivity index (χ3v) is 8.59. The largest absolute Gasteiger partial charge is 0.505 e. The zero-order valence-corrected chi connectivity index (χ0v) is 24.6. The number of aromatic nitrogens is 1. The highest BCUT2D eigenvalue weighted by Crippen LogP contribution is 2.44. The molecular formula is C33H30ClN4O4+. The molecule has 4 N–H and O–H groups in total. The van der Waals surface area contributed by atoms with Crippen molar-refractivity contribution in [3.8, 4) is 11.1 Å². The summed E-state index contributed by atoms with van der Waals surface area (Å²) in [6, 6.07) is 12.0. The first-order valence-corrected chi connectivity index (χ1v) is 13.9. The second kappa shape index (κ2) is 9.51. The number of H-pyrrole nitrogens is 1. The number of nitrogens with two attached hydrogens (primary N) is 1. The number of halogens is 1. The lowest BCUT2D eigenvalue weighted by molar-refractivity contribution is -0.394. The third kappa shape index (κ3) is 4.01. The number of rotatable bonds is 4. The van der Waals surface area contributed by atoms with E-state index in [2.05, 4.69) is 4.98 Å². The van der Waals surface area contributed by atoms with Gasteiger partial charge in [0.2, 0.25) is 0 Å². The number of carbonyl (C=O) groups is 3. The van der Waals surface area contributed by atoms with Gasteiger partial charge in [-0.1, -0.05) is 54.1 Å². The molecule has 6 rings (SSSR count). The van der Waals surface area contributed by atoms with E-state index in [9.17, 15) is 19.5 Å². The smallest absolute Gasteiger partial charge is 0.386 e. The summed E-state index contributed by atoms with van der Waals surface area (Å²) < 4.78 is 1.53. The molecule has 2 heterocycles. The van der Waals surface area contributed by atoms with E-state index in [1.165, 1.54) is 15.5 Å². The molecule has 1 aliphatic carbocycles. The minimum atomic E-state index is -1.08. The number of fused-ring (bicyclic) bond motifs is 4. The molecule has 0 spiro atoms. The van der Waals surface area contributed by atoms with E-state index in [0.717, 1.165) is 11.0 Å². The van der Waals surface area contributed by atoms with Crippen LogP contribution in [0.5, 0.6) is 0 Å². The van der Waals surface area contributed by atoms with E-state index >= 15 is 0 Å². The number of hydrogen-bond acceptors (Lipinski definition) is 4. The standard InChI is InChI=1S/C33H29ClN4O4/c1-16-8-6-10-21-29(16)37(5)32(41)38(31(21)40)25-11-7-9-19(17(25)2)26-23(34)15-22(30(35)39)28-27(26)20-13-12-18(33(3,4)42)14-24(20)36-28/h6-15,21,42H,1-5H3,(H2-,35,36,39)/p+1. The highest BCUT2D eigenvalue weighted by molar-refractivity contribution is 6.38. The molecule has 0 saturated heterocycles. The van der Waals surface area contributed by atoms with Crippen molar-refractivity contribution in [1.82, 2.24) is 4.98 Å². The molecule has 212 valence electrons. The zero-order chi connectivity index (χ0) is 30.2. The number of aromatic amines is 1. The van der Waals surface area contributed by atoms with Crippen LogP contribution in [0.4, 0.5) is 10.5 Å². The number of nitrogens with one attached hydrogen (secondary N) is 1. The predicted octanol–water partition coefficient (Wildman–Crippen LogP) is 5.96. The predicted molar refractivity (Wildman–Crippen MR) is 165 cm³/mol. The van der Waals surface area contributed by atoms with Crippen molar-refractivity contribution in [2.45, 2.75) is 33.3 Å². The Morgan fingerprint density at radius 1 is 1.14 bits per heavy atom. The SMILES string of the molecule is CC1=CC=CC2C(=O)N(c3cccc(-c4c(Cl)cc(C(N)=O)c5[nH]c6cc(C(C)(C)O)ccc6c45)c3C)C(=O)[N+](C)=C12. The summed E-state index contributed by atoms with van der Waals surface area (Å²) in [4.78, 5) is 44.5. The molecule has 1 aromatic heterocycles. The van der Waals surface area contributed by atoms with E-state index < -0.39 is 23.5 Å². The van der Waals surface area contributed by atoms with Crippen LogP contribution in [0.15, 0.2) is 66.3 Å². The van der Waals surface area contributed by atoms with Crippen LogP contribution in [-0.4, -0.2) is 45.3 Å².